The maximum atomic E-state index is 10.7. The lowest BCUT2D eigenvalue weighted by atomic mass is 10.1. The number of rotatable bonds is 7. The van der Waals surface area contributed by atoms with Gasteiger partial charge in [0.25, 0.3) is 0 Å². The van der Waals surface area contributed by atoms with Crippen molar-refractivity contribution in [2.24, 2.45) is 10.2 Å². The molecule has 0 fully saturated rings. The van der Waals surface area contributed by atoms with Gasteiger partial charge in [-0.05, 0) is 25.5 Å². The van der Waals surface area contributed by atoms with E-state index in [-0.39, 0.29) is 11.6 Å². The van der Waals surface area contributed by atoms with Gasteiger partial charge in [-0.2, -0.15) is 22.0 Å². The Hall–Kier alpha value is -0.580. The number of thioether (sulfide) groups is 1. The summed E-state index contributed by atoms with van der Waals surface area (Å²) in [5, 5.41) is 7.87. The van der Waals surface area contributed by atoms with E-state index in [0.29, 0.717) is 6.42 Å². The summed E-state index contributed by atoms with van der Waals surface area (Å²) in [7, 11) is 1.42. The number of carbonyl (C=O) groups is 1. The monoisotopic (exact) mass is 216 g/mol. The number of carbonyl (C=O) groups excluding carboxylic acids is 1. The van der Waals surface area contributed by atoms with Gasteiger partial charge in [0.15, 0.2) is 5.66 Å². The molecule has 0 N–H and O–H groups in total. The van der Waals surface area contributed by atoms with Crippen molar-refractivity contribution in [1.82, 2.24) is 0 Å². The first-order chi connectivity index (χ1) is 6.66. The molecule has 0 unspecified atom stereocenters. The first-order valence-corrected chi connectivity index (χ1v) is 5.90. The van der Waals surface area contributed by atoms with Crippen LogP contribution in [0.4, 0.5) is 0 Å². The third-order valence-electron chi connectivity index (χ3n) is 2.06. The Labute approximate surface area is 88.5 Å². The molecule has 0 aromatic carbocycles. The number of hydrogen-bond donors (Lipinski definition) is 0. The lowest BCUT2D eigenvalue weighted by Gasteiger charge is -2.03. The summed E-state index contributed by atoms with van der Waals surface area (Å²) in [6.07, 6.45) is 2.64. The van der Waals surface area contributed by atoms with Crippen molar-refractivity contribution in [1.29, 1.82) is 0 Å². The molecule has 80 valence electrons. The van der Waals surface area contributed by atoms with Crippen molar-refractivity contribution in [2.75, 3.05) is 18.6 Å². The van der Waals surface area contributed by atoms with Gasteiger partial charge in [0.1, 0.15) is 0 Å². The van der Waals surface area contributed by atoms with E-state index in [1.165, 1.54) is 7.11 Å². The summed E-state index contributed by atoms with van der Waals surface area (Å²) in [6, 6.07) is 0. The third kappa shape index (κ3) is 4.60. The molecule has 0 saturated carbocycles. The van der Waals surface area contributed by atoms with Crippen molar-refractivity contribution in [2.45, 2.75) is 31.8 Å². The molecule has 0 saturated heterocycles. The molecule has 0 aliphatic carbocycles. The number of nitrogens with zero attached hydrogens (tertiary/aromatic N) is 2. The van der Waals surface area contributed by atoms with Crippen LogP contribution in [0, 0.1) is 0 Å². The van der Waals surface area contributed by atoms with Crippen molar-refractivity contribution < 1.29 is 9.53 Å². The minimum Gasteiger partial charge on any atom is -0.469 e. The highest BCUT2D eigenvalue weighted by molar-refractivity contribution is 7.99. The molecule has 0 radical (unpaired) electrons. The molecule has 5 heteroatoms. The minimum atomic E-state index is -0.128. The predicted octanol–water partition coefficient (Wildman–Crippen LogP) is 2.24. The number of esters is 1. The highest BCUT2D eigenvalue weighted by Gasteiger charge is 2.32. The van der Waals surface area contributed by atoms with Gasteiger partial charge < -0.3 is 4.74 Å². The van der Waals surface area contributed by atoms with E-state index in [1.807, 2.05) is 6.92 Å². The molecule has 0 atom stereocenters. The molecule has 1 heterocycles. The van der Waals surface area contributed by atoms with Gasteiger partial charge in [-0.3, -0.25) is 4.79 Å². The van der Waals surface area contributed by atoms with Crippen LogP contribution in [0.1, 0.15) is 26.2 Å². The Bertz CT molecular complexity index is 225. The van der Waals surface area contributed by atoms with Gasteiger partial charge >= 0.3 is 5.97 Å². The van der Waals surface area contributed by atoms with Crippen LogP contribution in [0.15, 0.2) is 10.2 Å². The number of methoxy groups -OCH3 is 1. The summed E-state index contributed by atoms with van der Waals surface area (Å²) >= 11 is 1.78. The van der Waals surface area contributed by atoms with E-state index < -0.39 is 0 Å². The highest BCUT2D eigenvalue weighted by Crippen LogP contribution is 2.32. The van der Waals surface area contributed by atoms with Crippen LogP contribution in [-0.2, 0) is 9.53 Å². The summed E-state index contributed by atoms with van der Waals surface area (Å²) in [4.78, 5) is 10.7. The van der Waals surface area contributed by atoms with E-state index >= 15 is 0 Å². The number of hydrogen-bond acceptors (Lipinski definition) is 5. The highest BCUT2D eigenvalue weighted by atomic mass is 32.2. The molecule has 0 bridgehead atoms. The average molecular weight is 216 g/mol. The largest absolute Gasteiger partial charge is 0.469 e. The standard InChI is InChI=1S/C9H16N2O2S/c1-9(10-11-9)5-3-6-14-7-4-8(12)13-2/h3-7H2,1-2H3. The van der Waals surface area contributed by atoms with Crippen molar-refractivity contribution in [3.63, 3.8) is 0 Å². The lowest BCUT2D eigenvalue weighted by Crippen LogP contribution is -2.04. The van der Waals surface area contributed by atoms with E-state index in [0.717, 1.165) is 24.3 Å². The van der Waals surface area contributed by atoms with E-state index in [2.05, 4.69) is 15.0 Å². The second kappa shape index (κ2) is 5.34. The van der Waals surface area contributed by atoms with Crippen LogP contribution < -0.4 is 0 Å². The molecular formula is C9H16N2O2S. The fraction of sp³-hybridized carbons (Fsp3) is 0.889. The molecule has 0 aromatic heterocycles. The fourth-order valence-corrected chi connectivity index (χ4v) is 1.92. The zero-order chi connectivity index (χ0) is 10.4. The van der Waals surface area contributed by atoms with Crippen LogP contribution in [0.2, 0.25) is 0 Å². The summed E-state index contributed by atoms with van der Waals surface area (Å²) in [5.74, 6) is 1.78. The van der Waals surface area contributed by atoms with Crippen molar-refractivity contribution in [3.8, 4) is 0 Å². The van der Waals surface area contributed by atoms with Gasteiger partial charge in [0.2, 0.25) is 0 Å². The van der Waals surface area contributed by atoms with E-state index in [9.17, 15) is 4.79 Å². The average Bonchev–Trinajstić information content (AvgIpc) is 2.90. The minimum absolute atomic E-state index is 0.0666. The van der Waals surface area contributed by atoms with E-state index in [4.69, 9.17) is 0 Å². The van der Waals surface area contributed by atoms with Crippen LogP contribution in [0.25, 0.3) is 0 Å². The lowest BCUT2D eigenvalue weighted by molar-refractivity contribution is -0.140. The topological polar surface area (TPSA) is 51.0 Å². The first kappa shape index (κ1) is 11.5. The van der Waals surface area contributed by atoms with Crippen LogP contribution in [-0.4, -0.2) is 30.2 Å². The van der Waals surface area contributed by atoms with Crippen LogP contribution in [0.5, 0.6) is 0 Å². The molecule has 4 nitrogen and oxygen atoms in total. The number of ether oxygens (including phenoxy) is 1. The summed E-state index contributed by atoms with van der Waals surface area (Å²) in [6.45, 7) is 2.03. The second-order valence-corrected chi connectivity index (χ2v) is 4.68. The SMILES string of the molecule is COC(=O)CCSCCCC1(C)N=N1. The molecule has 14 heavy (non-hydrogen) atoms. The van der Waals surface area contributed by atoms with Crippen LogP contribution >= 0.6 is 11.8 Å². The Kier molecular flexibility index (Phi) is 4.38. The molecule has 0 amide bonds. The molecule has 1 aliphatic heterocycles. The summed E-state index contributed by atoms with van der Waals surface area (Å²) in [5.41, 5.74) is -0.0666. The quantitative estimate of drug-likeness (QED) is 0.484. The van der Waals surface area contributed by atoms with Gasteiger partial charge in [-0.25, -0.2) is 0 Å². The van der Waals surface area contributed by atoms with Gasteiger partial charge in [0, 0.05) is 5.75 Å². The van der Waals surface area contributed by atoms with E-state index in [1.54, 1.807) is 11.8 Å². The van der Waals surface area contributed by atoms with Gasteiger partial charge in [0.05, 0.1) is 13.5 Å². The van der Waals surface area contributed by atoms with Crippen LogP contribution in [0.3, 0.4) is 0 Å². The Morgan fingerprint density at radius 2 is 2.14 bits per heavy atom. The van der Waals surface area contributed by atoms with Gasteiger partial charge in [-0.15, -0.1) is 0 Å². The Morgan fingerprint density at radius 1 is 1.43 bits per heavy atom. The Balaban J connectivity index is 1.82. The zero-order valence-corrected chi connectivity index (χ0v) is 9.47. The van der Waals surface area contributed by atoms with Gasteiger partial charge in [-0.1, -0.05) is 0 Å². The maximum absolute atomic E-state index is 10.7. The molecular weight excluding hydrogens is 200 g/mol. The molecule has 1 aliphatic rings. The smallest absolute Gasteiger partial charge is 0.306 e. The molecule has 0 spiro atoms. The first-order valence-electron chi connectivity index (χ1n) is 4.75. The molecule has 1 rings (SSSR count). The Morgan fingerprint density at radius 3 is 2.71 bits per heavy atom. The predicted molar refractivity (Wildman–Crippen MR) is 56.5 cm³/mol. The third-order valence-corrected chi connectivity index (χ3v) is 3.13. The summed E-state index contributed by atoms with van der Waals surface area (Å²) < 4.78 is 4.54. The van der Waals surface area contributed by atoms with Crippen molar-refractivity contribution >= 4 is 17.7 Å². The molecule has 0 aromatic rings. The zero-order valence-electron chi connectivity index (χ0n) is 8.65. The maximum Gasteiger partial charge on any atom is 0.306 e. The fourth-order valence-electron chi connectivity index (χ4n) is 1.05. The second-order valence-electron chi connectivity index (χ2n) is 3.46. The van der Waals surface area contributed by atoms with Crippen molar-refractivity contribution in [3.05, 3.63) is 0 Å². The normalized spacial score (nSPS) is 16.7.